The first-order chi connectivity index (χ1) is 7.45. The Kier molecular flexibility index (Phi) is 4.07. The zero-order chi connectivity index (χ0) is 12.3. The van der Waals surface area contributed by atoms with Crippen molar-refractivity contribution < 1.29 is 9.90 Å². The van der Waals surface area contributed by atoms with E-state index < -0.39 is 0 Å². The maximum absolute atomic E-state index is 11.4. The van der Waals surface area contributed by atoms with E-state index in [2.05, 4.69) is 5.32 Å². The van der Waals surface area contributed by atoms with Crippen molar-refractivity contribution in [3.8, 4) is 5.75 Å². The van der Waals surface area contributed by atoms with Crippen molar-refractivity contribution in [2.45, 2.75) is 33.2 Å². The highest BCUT2D eigenvalue weighted by Gasteiger charge is 2.15. The quantitative estimate of drug-likeness (QED) is 0.814. The maximum atomic E-state index is 11.4. The number of benzene rings is 1. The standard InChI is InChI=1S/C13H19NO2/c1-8-5-11(16)6-9(2)12(8)7-13(14-4)10(3)15/h5-6,13-14,16H,7H2,1-4H3. The van der Waals surface area contributed by atoms with Gasteiger partial charge in [0.15, 0.2) is 0 Å². The van der Waals surface area contributed by atoms with Gasteiger partial charge in [0.2, 0.25) is 0 Å². The van der Waals surface area contributed by atoms with Crippen LogP contribution in [0.5, 0.6) is 5.75 Å². The zero-order valence-electron chi connectivity index (χ0n) is 10.3. The fourth-order valence-corrected chi connectivity index (χ4v) is 1.95. The van der Waals surface area contributed by atoms with Gasteiger partial charge in [0.1, 0.15) is 11.5 Å². The summed E-state index contributed by atoms with van der Waals surface area (Å²) in [5.41, 5.74) is 3.19. The van der Waals surface area contributed by atoms with Crippen LogP contribution in [0.3, 0.4) is 0 Å². The lowest BCUT2D eigenvalue weighted by Gasteiger charge is -2.16. The lowest BCUT2D eigenvalue weighted by molar-refractivity contribution is -0.118. The van der Waals surface area contributed by atoms with Gasteiger partial charge in [0.05, 0.1) is 6.04 Å². The van der Waals surface area contributed by atoms with Crippen LogP contribution in [0.25, 0.3) is 0 Å². The molecule has 2 N–H and O–H groups in total. The highest BCUT2D eigenvalue weighted by molar-refractivity contribution is 5.81. The fraction of sp³-hybridized carbons (Fsp3) is 0.462. The monoisotopic (exact) mass is 221 g/mol. The molecule has 0 spiro atoms. The van der Waals surface area contributed by atoms with E-state index in [1.165, 1.54) is 0 Å². The van der Waals surface area contributed by atoms with Crippen molar-refractivity contribution in [3.63, 3.8) is 0 Å². The third-order valence-electron chi connectivity index (χ3n) is 2.93. The summed E-state index contributed by atoms with van der Waals surface area (Å²) in [4.78, 5) is 11.4. The highest BCUT2D eigenvalue weighted by atomic mass is 16.3. The first-order valence-electron chi connectivity index (χ1n) is 5.42. The van der Waals surface area contributed by atoms with Gasteiger partial charge in [0, 0.05) is 0 Å². The SMILES string of the molecule is CNC(Cc1c(C)cc(O)cc1C)C(C)=O. The molecule has 0 aliphatic heterocycles. The molecule has 0 aromatic heterocycles. The van der Waals surface area contributed by atoms with Crippen LogP contribution < -0.4 is 5.32 Å². The molecular weight excluding hydrogens is 202 g/mol. The Morgan fingerprint density at radius 3 is 2.25 bits per heavy atom. The molecule has 1 aromatic rings. The zero-order valence-corrected chi connectivity index (χ0v) is 10.3. The van der Waals surface area contributed by atoms with Crippen LogP contribution in [0, 0.1) is 13.8 Å². The number of likely N-dealkylation sites (N-methyl/N-ethyl adjacent to an activating group) is 1. The van der Waals surface area contributed by atoms with Gasteiger partial charge in [-0.15, -0.1) is 0 Å². The molecule has 1 rings (SSSR count). The highest BCUT2D eigenvalue weighted by Crippen LogP contribution is 2.22. The van der Waals surface area contributed by atoms with Crippen LogP contribution in [0.4, 0.5) is 0 Å². The molecule has 0 saturated carbocycles. The summed E-state index contributed by atoms with van der Waals surface area (Å²) in [5, 5.41) is 12.4. The smallest absolute Gasteiger partial charge is 0.147 e. The van der Waals surface area contributed by atoms with Gasteiger partial charge in [-0.25, -0.2) is 0 Å². The molecule has 1 unspecified atom stereocenters. The van der Waals surface area contributed by atoms with E-state index in [4.69, 9.17) is 0 Å². The van der Waals surface area contributed by atoms with Gasteiger partial charge in [-0.1, -0.05) is 0 Å². The molecule has 0 amide bonds. The van der Waals surface area contributed by atoms with E-state index in [1.54, 1.807) is 26.1 Å². The Hall–Kier alpha value is -1.35. The average Bonchev–Trinajstić information content (AvgIpc) is 2.15. The summed E-state index contributed by atoms with van der Waals surface area (Å²) in [7, 11) is 1.79. The third kappa shape index (κ3) is 2.83. The number of carbonyl (C=O) groups is 1. The predicted octanol–water partition coefficient (Wildman–Crippen LogP) is 1.73. The minimum Gasteiger partial charge on any atom is -0.508 e. The van der Waals surface area contributed by atoms with Crippen molar-refractivity contribution in [1.82, 2.24) is 5.32 Å². The fourth-order valence-electron chi connectivity index (χ4n) is 1.95. The summed E-state index contributed by atoms with van der Waals surface area (Å²) < 4.78 is 0. The van der Waals surface area contributed by atoms with Gasteiger partial charge < -0.3 is 10.4 Å². The van der Waals surface area contributed by atoms with E-state index in [-0.39, 0.29) is 17.6 Å². The normalized spacial score (nSPS) is 12.5. The number of carbonyl (C=O) groups excluding carboxylic acids is 1. The number of ketones is 1. The molecule has 3 heteroatoms. The summed E-state index contributed by atoms with van der Waals surface area (Å²) in [6.45, 7) is 5.50. The van der Waals surface area contributed by atoms with E-state index in [1.807, 2.05) is 13.8 Å². The topological polar surface area (TPSA) is 49.3 Å². The lowest BCUT2D eigenvalue weighted by Crippen LogP contribution is -2.34. The van der Waals surface area contributed by atoms with Gasteiger partial charge in [-0.05, 0) is 63.1 Å². The number of aryl methyl sites for hydroxylation is 2. The molecule has 16 heavy (non-hydrogen) atoms. The van der Waals surface area contributed by atoms with Gasteiger partial charge in [-0.3, -0.25) is 4.79 Å². The third-order valence-corrected chi connectivity index (χ3v) is 2.93. The van der Waals surface area contributed by atoms with E-state index >= 15 is 0 Å². The van der Waals surface area contributed by atoms with Gasteiger partial charge in [-0.2, -0.15) is 0 Å². The van der Waals surface area contributed by atoms with Crippen LogP contribution in [0.1, 0.15) is 23.6 Å². The minimum atomic E-state index is -0.151. The van der Waals surface area contributed by atoms with Crippen molar-refractivity contribution in [1.29, 1.82) is 0 Å². The molecule has 1 aromatic carbocycles. The summed E-state index contributed by atoms with van der Waals surface area (Å²) >= 11 is 0. The molecule has 1 atom stereocenters. The second-order valence-corrected chi connectivity index (χ2v) is 4.21. The second-order valence-electron chi connectivity index (χ2n) is 4.21. The van der Waals surface area contributed by atoms with Crippen molar-refractivity contribution in [2.75, 3.05) is 7.05 Å². The number of nitrogens with one attached hydrogen (secondary N) is 1. The van der Waals surface area contributed by atoms with Gasteiger partial charge in [0.25, 0.3) is 0 Å². The number of rotatable bonds is 4. The number of Topliss-reactive ketones (excluding diaryl/α,β-unsaturated/α-hetero) is 1. The Labute approximate surface area is 96.5 Å². The molecule has 0 fully saturated rings. The lowest BCUT2D eigenvalue weighted by atomic mass is 9.95. The first-order valence-corrected chi connectivity index (χ1v) is 5.42. The maximum Gasteiger partial charge on any atom is 0.147 e. The van der Waals surface area contributed by atoms with Crippen LogP contribution in [0.15, 0.2) is 12.1 Å². The molecule has 0 saturated heterocycles. The predicted molar refractivity (Wildman–Crippen MR) is 64.8 cm³/mol. The summed E-state index contributed by atoms with van der Waals surface area (Å²) in [6, 6.07) is 3.31. The Morgan fingerprint density at radius 2 is 1.88 bits per heavy atom. The molecular formula is C13H19NO2. The largest absolute Gasteiger partial charge is 0.508 e. The van der Waals surface area contributed by atoms with Crippen LogP contribution in [-0.4, -0.2) is 24.0 Å². The number of phenolic OH excluding ortho intramolecular Hbond substituents is 1. The van der Waals surface area contributed by atoms with Crippen LogP contribution >= 0.6 is 0 Å². The molecule has 88 valence electrons. The number of phenols is 1. The molecule has 3 nitrogen and oxygen atoms in total. The van der Waals surface area contributed by atoms with Crippen molar-refractivity contribution in [3.05, 3.63) is 28.8 Å². The summed E-state index contributed by atoms with van der Waals surface area (Å²) in [5.74, 6) is 0.414. The average molecular weight is 221 g/mol. The van der Waals surface area contributed by atoms with Gasteiger partial charge >= 0.3 is 0 Å². The molecule has 0 aliphatic carbocycles. The number of hydrogen-bond donors (Lipinski definition) is 2. The first kappa shape index (κ1) is 12.7. The number of aromatic hydroxyl groups is 1. The Morgan fingerprint density at radius 1 is 1.38 bits per heavy atom. The molecule has 0 bridgehead atoms. The Bertz CT molecular complexity index is 376. The van der Waals surface area contributed by atoms with E-state index in [9.17, 15) is 9.90 Å². The number of hydrogen-bond acceptors (Lipinski definition) is 3. The minimum absolute atomic E-state index is 0.134. The second kappa shape index (κ2) is 5.12. The van der Waals surface area contributed by atoms with Crippen molar-refractivity contribution in [2.24, 2.45) is 0 Å². The molecule has 0 heterocycles. The van der Waals surface area contributed by atoms with Crippen LogP contribution in [0.2, 0.25) is 0 Å². The molecule has 0 radical (unpaired) electrons. The van der Waals surface area contributed by atoms with E-state index in [0.717, 1.165) is 16.7 Å². The van der Waals surface area contributed by atoms with Crippen molar-refractivity contribution >= 4 is 5.78 Å². The summed E-state index contributed by atoms with van der Waals surface area (Å²) in [6.07, 6.45) is 0.670. The Balaban J connectivity index is 3.01. The van der Waals surface area contributed by atoms with E-state index in [0.29, 0.717) is 6.42 Å². The van der Waals surface area contributed by atoms with Crippen LogP contribution in [-0.2, 0) is 11.2 Å². The molecule has 0 aliphatic rings.